The maximum Gasteiger partial charge on any atom is 0.0105 e. The molecule has 13 heavy (non-hydrogen) atoms. The molecule has 0 aromatic rings. The van der Waals surface area contributed by atoms with Crippen LogP contribution in [0.15, 0.2) is 0 Å². The zero-order valence-corrected chi connectivity index (χ0v) is 9.34. The van der Waals surface area contributed by atoms with Crippen molar-refractivity contribution in [3.05, 3.63) is 0 Å². The number of nitrogens with one attached hydrogen (secondary N) is 1. The topological polar surface area (TPSA) is 15.3 Å². The largest absolute Gasteiger partial charge is 0.317 e. The summed E-state index contributed by atoms with van der Waals surface area (Å²) in [6, 6.07) is 0.817. The first kappa shape index (κ1) is 11.0. The van der Waals surface area contributed by atoms with Crippen molar-refractivity contribution in [1.82, 2.24) is 10.2 Å². The summed E-state index contributed by atoms with van der Waals surface area (Å²) in [6.45, 7) is 8.25. The number of hydrogen-bond donors (Lipinski definition) is 1. The van der Waals surface area contributed by atoms with Crippen molar-refractivity contribution in [3.8, 4) is 0 Å². The fraction of sp³-hybridized carbons (Fsp3) is 1.00. The van der Waals surface area contributed by atoms with Gasteiger partial charge in [-0.3, -0.25) is 0 Å². The quantitative estimate of drug-likeness (QED) is 0.718. The van der Waals surface area contributed by atoms with Crippen LogP contribution in [0.1, 0.15) is 33.1 Å². The standard InChI is InChI=1S/C11H24N2/c1-10(2)9-13(3)11-5-4-7-12-8-6-11/h10-12H,4-9H2,1-3H3. The minimum atomic E-state index is 0.793. The molecule has 0 saturated carbocycles. The summed E-state index contributed by atoms with van der Waals surface area (Å²) in [5.74, 6) is 0.793. The Labute approximate surface area is 82.7 Å². The predicted octanol–water partition coefficient (Wildman–Crippen LogP) is 1.72. The van der Waals surface area contributed by atoms with E-state index >= 15 is 0 Å². The van der Waals surface area contributed by atoms with Crippen molar-refractivity contribution in [2.75, 3.05) is 26.7 Å². The lowest BCUT2D eigenvalue weighted by atomic mass is 10.1. The molecule has 1 aliphatic rings. The Morgan fingerprint density at radius 3 is 2.77 bits per heavy atom. The second-order valence-corrected chi connectivity index (χ2v) is 4.67. The lowest BCUT2D eigenvalue weighted by molar-refractivity contribution is 0.202. The van der Waals surface area contributed by atoms with Gasteiger partial charge >= 0.3 is 0 Å². The molecule has 0 radical (unpaired) electrons. The highest BCUT2D eigenvalue weighted by atomic mass is 15.1. The van der Waals surface area contributed by atoms with Gasteiger partial charge in [0.2, 0.25) is 0 Å². The highest BCUT2D eigenvalue weighted by Crippen LogP contribution is 2.12. The van der Waals surface area contributed by atoms with Crippen LogP contribution in [0.4, 0.5) is 0 Å². The van der Waals surface area contributed by atoms with Crippen molar-refractivity contribution in [3.63, 3.8) is 0 Å². The summed E-state index contributed by atoms with van der Waals surface area (Å²) in [5.41, 5.74) is 0. The van der Waals surface area contributed by atoms with Crippen LogP contribution in [0, 0.1) is 5.92 Å². The van der Waals surface area contributed by atoms with E-state index in [1.165, 1.54) is 38.9 Å². The molecule has 0 aromatic carbocycles. The zero-order chi connectivity index (χ0) is 9.68. The van der Waals surface area contributed by atoms with E-state index in [4.69, 9.17) is 0 Å². The molecule has 1 saturated heterocycles. The van der Waals surface area contributed by atoms with Crippen LogP contribution >= 0.6 is 0 Å². The minimum absolute atomic E-state index is 0.793. The van der Waals surface area contributed by atoms with Crippen molar-refractivity contribution in [1.29, 1.82) is 0 Å². The van der Waals surface area contributed by atoms with Gasteiger partial charge in [-0.15, -0.1) is 0 Å². The van der Waals surface area contributed by atoms with Crippen molar-refractivity contribution in [2.24, 2.45) is 5.92 Å². The van der Waals surface area contributed by atoms with Crippen LogP contribution in [-0.2, 0) is 0 Å². The highest BCUT2D eigenvalue weighted by molar-refractivity contribution is 4.74. The fourth-order valence-corrected chi connectivity index (χ4v) is 2.17. The van der Waals surface area contributed by atoms with Gasteiger partial charge in [0.05, 0.1) is 0 Å². The Morgan fingerprint density at radius 2 is 2.08 bits per heavy atom. The van der Waals surface area contributed by atoms with Crippen LogP contribution in [0.5, 0.6) is 0 Å². The Morgan fingerprint density at radius 1 is 1.31 bits per heavy atom. The molecule has 1 unspecified atom stereocenters. The van der Waals surface area contributed by atoms with E-state index in [0.717, 1.165) is 12.0 Å². The van der Waals surface area contributed by atoms with Crippen LogP contribution in [0.3, 0.4) is 0 Å². The van der Waals surface area contributed by atoms with E-state index in [9.17, 15) is 0 Å². The van der Waals surface area contributed by atoms with E-state index in [2.05, 4.69) is 31.1 Å². The first-order valence-electron chi connectivity index (χ1n) is 5.61. The number of nitrogens with zero attached hydrogens (tertiary/aromatic N) is 1. The lowest BCUT2D eigenvalue weighted by Crippen LogP contribution is -2.35. The molecule has 0 aromatic heterocycles. The molecular weight excluding hydrogens is 160 g/mol. The average Bonchev–Trinajstić information content (AvgIpc) is 2.29. The maximum atomic E-state index is 3.46. The van der Waals surface area contributed by atoms with Gasteiger partial charge in [-0.1, -0.05) is 13.8 Å². The highest BCUT2D eigenvalue weighted by Gasteiger charge is 2.16. The molecule has 2 heteroatoms. The van der Waals surface area contributed by atoms with E-state index in [0.29, 0.717) is 0 Å². The number of rotatable bonds is 3. The van der Waals surface area contributed by atoms with Crippen molar-refractivity contribution in [2.45, 2.75) is 39.2 Å². The predicted molar refractivity (Wildman–Crippen MR) is 58.0 cm³/mol. The third-order valence-corrected chi connectivity index (χ3v) is 2.82. The smallest absolute Gasteiger partial charge is 0.0105 e. The van der Waals surface area contributed by atoms with Crippen LogP contribution in [0.2, 0.25) is 0 Å². The Bertz CT molecular complexity index is 126. The molecule has 0 spiro atoms. The summed E-state index contributed by atoms with van der Waals surface area (Å²) in [7, 11) is 2.27. The van der Waals surface area contributed by atoms with Crippen LogP contribution in [-0.4, -0.2) is 37.6 Å². The molecule has 1 heterocycles. The van der Waals surface area contributed by atoms with E-state index in [1.807, 2.05) is 0 Å². The van der Waals surface area contributed by atoms with E-state index in [1.54, 1.807) is 0 Å². The molecule has 1 atom stereocenters. The van der Waals surface area contributed by atoms with Gasteiger partial charge in [-0.25, -0.2) is 0 Å². The monoisotopic (exact) mass is 184 g/mol. The molecule has 1 N–H and O–H groups in total. The molecule has 78 valence electrons. The molecular formula is C11H24N2. The minimum Gasteiger partial charge on any atom is -0.317 e. The van der Waals surface area contributed by atoms with Gasteiger partial charge in [-0.2, -0.15) is 0 Å². The third-order valence-electron chi connectivity index (χ3n) is 2.82. The summed E-state index contributed by atoms with van der Waals surface area (Å²) in [6.07, 6.45) is 4.03. The van der Waals surface area contributed by atoms with Crippen molar-refractivity contribution < 1.29 is 0 Å². The van der Waals surface area contributed by atoms with Crippen LogP contribution < -0.4 is 5.32 Å². The second-order valence-electron chi connectivity index (χ2n) is 4.67. The first-order valence-corrected chi connectivity index (χ1v) is 5.61. The summed E-state index contributed by atoms with van der Waals surface area (Å²) >= 11 is 0. The van der Waals surface area contributed by atoms with E-state index in [-0.39, 0.29) is 0 Å². The van der Waals surface area contributed by atoms with Gasteiger partial charge < -0.3 is 10.2 Å². The summed E-state index contributed by atoms with van der Waals surface area (Å²) in [5, 5.41) is 3.46. The summed E-state index contributed by atoms with van der Waals surface area (Å²) < 4.78 is 0. The molecule has 0 bridgehead atoms. The van der Waals surface area contributed by atoms with Gasteiger partial charge in [0, 0.05) is 12.6 Å². The Kier molecular flexibility index (Phi) is 4.74. The van der Waals surface area contributed by atoms with Gasteiger partial charge in [0.1, 0.15) is 0 Å². The normalized spacial score (nSPS) is 25.2. The second kappa shape index (κ2) is 5.61. The van der Waals surface area contributed by atoms with E-state index < -0.39 is 0 Å². The molecule has 1 aliphatic heterocycles. The SMILES string of the molecule is CC(C)CN(C)C1CCCNCC1. The lowest BCUT2D eigenvalue weighted by Gasteiger charge is -2.28. The molecule has 0 amide bonds. The maximum absolute atomic E-state index is 3.46. The van der Waals surface area contributed by atoms with Gasteiger partial charge in [0.25, 0.3) is 0 Å². The summed E-state index contributed by atoms with van der Waals surface area (Å²) in [4.78, 5) is 2.54. The molecule has 2 nitrogen and oxygen atoms in total. The fourth-order valence-electron chi connectivity index (χ4n) is 2.17. The van der Waals surface area contributed by atoms with Crippen molar-refractivity contribution >= 4 is 0 Å². The average molecular weight is 184 g/mol. The van der Waals surface area contributed by atoms with Crippen LogP contribution in [0.25, 0.3) is 0 Å². The Hall–Kier alpha value is -0.0800. The zero-order valence-electron chi connectivity index (χ0n) is 9.34. The van der Waals surface area contributed by atoms with Gasteiger partial charge in [0.15, 0.2) is 0 Å². The Balaban J connectivity index is 2.30. The third kappa shape index (κ3) is 4.10. The van der Waals surface area contributed by atoms with Gasteiger partial charge in [-0.05, 0) is 45.3 Å². The molecule has 0 aliphatic carbocycles. The first-order chi connectivity index (χ1) is 6.20. The molecule has 1 rings (SSSR count). The molecule has 1 fully saturated rings. The number of hydrogen-bond acceptors (Lipinski definition) is 2.